The maximum Gasteiger partial charge on any atom is 0.305 e. The Balaban J connectivity index is 1.90. The first-order valence-electron chi connectivity index (χ1n) is 8.15. The Morgan fingerprint density at radius 1 is 0.958 bits per heavy atom. The number of benzene rings is 3. The Labute approximate surface area is 142 Å². The summed E-state index contributed by atoms with van der Waals surface area (Å²) in [6.45, 7) is 2.08. The van der Waals surface area contributed by atoms with E-state index in [0.29, 0.717) is 0 Å². The van der Waals surface area contributed by atoms with Crippen molar-refractivity contribution in [1.29, 1.82) is 0 Å². The average Bonchev–Trinajstić information content (AvgIpc) is 2.61. The molecule has 0 bridgehead atoms. The van der Waals surface area contributed by atoms with Gasteiger partial charge in [0.2, 0.25) is 0 Å². The molecule has 0 aliphatic rings. The van der Waals surface area contributed by atoms with Gasteiger partial charge in [0, 0.05) is 12.1 Å². The monoisotopic (exact) mass is 319 g/mol. The summed E-state index contributed by atoms with van der Waals surface area (Å²) in [4.78, 5) is 11.3. The lowest BCUT2D eigenvalue weighted by Crippen LogP contribution is -2.27. The molecule has 0 aromatic heterocycles. The zero-order chi connectivity index (χ0) is 16.9. The van der Waals surface area contributed by atoms with E-state index in [0.717, 1.165) is 5.56 Å². The Bertz CT molecular complexity index is 824. The molecule has 3 rings (SSSR count). The van der Waals surface area contributed by atoms with Crippen molar-refractivity contribution < 1.29 is 9.90 Å². The number of hydrogen-bond donors (Lipinski definition) is 2. The third kappa shape index (κ3) is 3.63. The average molecular weight is 319 g/mol. The number of carboxylic acid groups (broad SMARTS) is 1. The number of fused-ring (bicyclic) bond motifs is 1. The molecule has 0 aliphatic carbocycles. The molecule has 0 radical (unpaired) electrons. The molecule has 0 saturated heterocycles. The molecule has 2 atom stereocenters. The highest BCUT2D eigenvalue weighted by atomic mass is 16.4. The fourth-order valence-corrected chi connectivity index (χ4v) is 3.15. The largest absolute Gasteiger partial charge is 0.481 e. The van der Waals surface area contributed by atoms with Crippen LogP contribution in [0.3, 0.4) is 0 Å². The zero-order valence-electron chi connectivity index (χ0n) is 13.6. The van der Waals surface area contributed by atoms with Crippen LogP contribution in [0.15, 0.2) is 72.8 Å². The summed E-state index contributed by atoms with van der Waals surface area (Å²) in [5.41, 5.74) is 2.17. The highest BCUT2D eigenvalue weighted by Crippen LogP contribution is 2.27. The SMILES string of the molecule is CC(NC(CC(=O)O)c1ccccc1)c1cccc2ccccc12. The summed E-state index contributed by atoms with van der Waals surface area (Å²) in [6.07, 6.45) is 0.0547. The first-order valence-corrected chi connectivity index (χ1v) is 8.15. The summed E-state index contributed by atoms with van der Waals surface area (Å²) in [7, 11) is 0. The number of nitrogens with one attached hydrogen (secondary N) is 1. The third-order valence-electron chi connectivity index (χ3n) is 4.32. The first-order chi connectivity index (χ1) is 11.6. The molecule has 3 heteroatoms. The van der Waals surface area contributed by atoms with E-state index in [2.05, 4.69) is 36.5 Å². The van der Waals surface area contributed by atoms with Gasteiger partial charge in [-0.3, -0.25) is 4.79 Å². The van der Waals surface area contributed by atoms with E-state index in [-0.39, 0.29) is 18.5 Å². The summed E-state index contributed by atoms with van der Waals surface area (Å²) in [5.74, 6) is -0.804. The van der Waals surface area contributed by atoms with Crippen LogP contribution in [0.2, 0.25) is 0 Å². The Morgan fingerprint density at radius 3 is 2.38 bits per heavy atom. The van der Waals surface area contributed by atoms with Crippen LogP contribution in [-0.2, 0) is 4.79 Å². The van der Waals surface area contributed by atoms with Crippen molar-refractivity contribution in [2.24, 2.45) is 0 Å². The molecule has 0 heterocycles. The second-order valence-corrected chi connectivity index (χ2v) is 6.02. The van der Waals surface area contributed by atoms with E-state index in [4.69, 9.17) is 0 Å². The van der Waals surface area contributed by atoms with Gasteiger partial charge >= 0.3 is 5.97 Å². The molecular formula is C21H21NO2. The Hall–Kier alpha value is -2.65. The molecule has 0 saturated carbocycles. The van der Waals surface area contributed by atoms with Crippen LogP contribution in [-0.4, -0.2) is 11.1 Å². The van der Waals surface area contributed by atoms with Crippen molar-refractivity contribution >= 4 is 16.7 Å². The maximum atomic E-state index is 11.3. The van der Waals surface area contributed by atoms with Crippen LogP contribution in [0.4, 0.5) is 0 Å². The molecular weight excluding hydrogens is 298 g/mol. The molecule has 0 fully saturated rings. The summed E-state index contributed by atoms with van der Waals surface area (Å²) in [6, 6.07) is 24.1. The Kier molecular flexibility index (Phi) is 4.92. The van der Waals surface area contributed by atoms with Gasteiger partial charge in [-0.25, -0.2) is 0 Å². The second kappa shape index (κ2) is 7.28. The van der Waals surface area contributed by atoms with E-state index in [1.807, 2.05) is 48.5 Å². The first kappa shape index (κ1) is 16.2. The lowest BCUT2D eigenvalue weighted by molar-refractivity contribution is -0.137. The van der Waals surface area contributed by atoms with Gasteiger partial charge in [0.1, 0.15) is 0 Å². The predicted molar refractivity (Wildman–Crippen MR) is 96.9 cm³/mol. The van der Waals surface area contributed by atoms with Crippen molar-refractivity contribution in [2.45, 2.75) is 25.4 Å². The third-order valence-corrected chi connectivity index (χ3v) is 4.32. The van der Waals surface area contributed by atoms with E-state index >= 15 is 0 Å². The molecule has 0 amide bonds. The summed E-state index contributed by atoms with van der Waals surface area (Å²) < 4.78 is 0. The van der Waals surface area contributed by atoms with Crippen molar-refractivity contribution in [3.05, 3.63) is 83.9 Å². The highest BCUT2D eigenvalue weighted by molar-refractivity contribution is 5.86. The van der Waals surface area contributed by atoms with Gasteiger partial charge < -0.3 is 10.4 Å². The molecule has 3 nitrogen and oxygen atoms in total. The molecule has 0 spiro atoms. The van der Waals surface area contributed by atoms with E-state index < -0.39 is 5.97 Å². The number of carboxylic acids is 1. The summed E-state index contributed by atoms with van der Waals surface area (Å²) >= 11 is 0. The van der Waals surface area contributed by atoms with Gasteiger partial charge in [0.25, 0.3) is 0 Å². The van der Waals surface area contributed by atoms with Crippen molar-refractivity contribution in [1.82, 2.24) is 5.32 Å². The topological polar surface area (TPSA) is 49.3 Å². The molecule has 2 N–H and O–H groups in total. The van der Waals surface area contributed by atoms with E-state index in [1.54, 1.807) is 0 Å². The molecule has 24 heavy (non-hydrogen) atoms. The Morgan fingerprint density at radius 2 is 1.62 bits per heavy atom. The lowest BCUT2D eigenvalue weighted by atomic mass is 9.97. The summed E-state index contributed by atoms with van der Waals surface area (Å²) in [5, 5.41) is 15.1. The fraction of sp³-hybridized carbons (Fsp3) is 0.190. The standard InChI is InChI=1S/C21H21NO2/c1-15(18-13-7-11-16-8-5-6-12-19(16)18)22-20(14-21(23)24)17-9-3-2-4-10-17/h2-13,15,20,22H,14H2,1H3,(H,23,24). The number of carbonyl (C=O) groups is 1. The van der Waals surface area contributed by atoms with Gasteiger partial charge in [-0.15, -0.1) is 0 Å². The van der Waals surface area contributed by atoms with Crippen LogP contribution >= 0.6 is 0 Å². The van der Waals surface area contributed by atoms with Crippen molar-refractivity contribution in [2.75, 3.05) is 0 Å². The van der Waals surface area contributed by atoms with Gasteiger partial charge in [0.05, 0.1) is 6.42 Å². The molecule has 3 aromatic rings. The quantitative estimate of drug-likeness (QED) is 0.692. The van der Waals surface area contributed by atoms with Crippen molar-refractivity contribution in [3.8, 4) is 0 Å². The highest BCUT2D eigenvalue weighted by Gasteiger charge is 2.19. The molecule has 0 aliphatic heterocycles. The zero-order valence-corrected chi connectivity index (χ0v) is 13.6. The van der Waals surface area contributed by atoms with Gasteiger partial charge in [-0.2, -0.15) is 0 Å². The predicted octanol–water partition coefficient (Wildman–Crippen LogP) is 4.71. The minimum atomic E-state index is -0.804. The van der Waals surface area contributed by atoms with Gasteiger partial charge in [-0.05, 0) is 28.8 Å². The van der Waals surface area contributed by atoms with Gasteiger partial charge in [-0.1, -0.05) is 72.8 Å². The van der Waals surface area contributed by atoms with Crippen LogP contribution in [0.25, 0.3) is 10.8 Å². The molecule has 122 valence electrons. The lowest BCUT2D eigenvalue weighted by Gasteiger charge is -2.24. The normalized spacial score (nSPS) is 13.5. The smallest absolute Gasteiger partial charge is 0.305 e. The van der Waals surface area contributed by atoms with Crippen LogP contribution < -0.4 is 5.32 Å². The molecule has 2 unspecified atom stereocenters. The molecule has 3 aromatic carbocycles. The maximum absolute atomic E-state index is 11.3. The van der Waals surface area contributed by atoms with Crippen LogP contribution in [0.5, 0.6) is 0 Å². The second-order valence-electron chi connectivity index (χ2n) is 6.02. The number of rotatable bonds is 6. The van der Waals surface area contributed by atoms with Crippen molar-refractivity contribution in [3.63, 3.8) is 0 Å². The minimum Gasteiger partial charge on any atom is -0.481 e. The van der Waals surface area contributed by atoms with E-state index in [1.165, 1.54) is 16.3 Å². The number of hydrogen-bond acceptors (Lipinski definition) is 2. The van der Waals surface area contributed by atoms with Gasteiger partial charge in [0.15, 0.2) is 0 Å². The number of aliphatic carboxylic acids is 1. The van der Waals surface area contributed by atoms with Crippen LogP contribution in [0, 0.1) is 0 Å². The minimum absolute atomic E-state index is 0.0423. The van der Waals surface area contributed by atoms with Crippen LogP contribution in [0.1, 0.15) is 36.6 Å². The van der Waals surface area contributed by atoms with E-state index in [9.17, 15) is 9.90 Å². The fourth-order valence-electron chi connectivity index (χ4n) is 3.15.